The fourth-order valence-electron chi connectivity index (χ4n) is 1.72. The normalized spacial score (nSPS) is 29.7. The van der Waals surface area contributed by atoms with E-state index in [9.17, 15) is 0 Å². The summed E-state index contributed by atoms with van der Waals surface area (Å²) in [6, 6.07) is 0. The lowest BCUT2D eigenvalue weighted by Gasteiger charge is -1.98. The number of hydrogen-bond acceptors (Lipinski definition) is 2. The molecule has 0 heterocycles. The lowest BCUT2D eigenvalue weighted by atomic mass is 10.1. The highest BCUT2D eigenvalue weighted by Gasteiger charge is 2.59. The van der Waals surface area contributed by atoms with Crippen molar-refractivity contribution in [3.05, 3.63) is 10.6 Å². The molecule has 2 atom stereocenters. The van der Waals surface area contributed by atoms with Crippen molar-refractivity contribution < 1.29 is 4.84 Å². The molecule has 2 nitrogen and oxygen atoms in total. The highest BCUT2D eigenvalue weighted by atomic mass is 35.5. The fraction of sp³-hybridized carbons (Fsp3) is 0.667. The minimum atomic E-state index is 0.0497. The molecule has 14 heavy (non-hydrogen) atoms. The smallest absolute Gasteiger partial charge is 0.149 e. The van der Waals surface area contributed by atoms with E-state index in [0.29, 0.717) is 5.17 Å². The van der Waals surface area contributed by atoms with Crippen molar-refractivity contribution in [3.8, 4) is 0 Å². The van der Waals surface area contributed by atoms with Crippen molar-refractivity contribution in [3.63, 3.8) is 0 Å². The molecule has 0 aromatic rings. The predicted molar refractivity (Wildman–Crippen MR) is 60.8 cm³/mol. The summed E-state index contributed by atoms with van der Waals surface area (Å²) in [7, 11) is 1.47. The van der Waals surface area contributed by atoms with Gasteiger partial charge < -0.3 is 4.84 Å². The first-order valence-electron chi connectivity index (χ1n) is 4.20. The molecule has 1 aliphatic rings. The van der Waals surface area contributed by atoms with E-state index in [1.165, 1.54) is 7.11 Å². The standard InChI is InChI=1S/C9H12Cl3NO/c1-9(2)5(4-6(10)11)7(9)8(12)13-14-3/h4-5,7H,1-3H3. The first-order chi connectivity index (χ1) is 6.41. The predicted octanol–water partition coefficient (Wildman–Crippen LogP) is 3.78. The second kappa shape index (κ2) is 4.30. The summed E-state index contributed by atoms with van der Waals surface area (Å²) in [5, 5.41) is 4.17. The van der Waals surface area contributed by atoms with Gasteiger partial charge in [0.1, 0.15) is 16.8 Å². The van der Waals surface area contributed by atoms with Gasteiger partial charge in [0.2, 0.25) is 0 Å². The summed E-state index contributed by atoms with van der Waals surface area (Å²) in [6.07, 6.45) is 1.79. The maximum absolute atomic E-state index is 5.95. The topological polar surface area (TPSA) is 21.6 Å². The second-order valence-electron chi connectivity index (χ2n) is 3.88. The van der Waals surface area contributed by atoms with Gasteiger partial charge in [0.25, 0.3) is 0 Å². The zero-order valence-corrected chi connectivity index (χ0v) is 10.5. The first kappa shape index (κ1) is 12.2. The zero-order chi connectivity index (χ0) is 10.9. The van der Waals surface area contributed by atoms with Gasteiger partial charge in [-0.1, -0.05) is 53.8 Å². The van der Waals surface area contributed by atoms with Gasteiger partial charge in [-0.3, -0.25) is 0 Å². The molecule has 0 bridgehead atoms. The van der Waals surface area contributed by atoms with E-state index in [1.807, 2.05) is 0 Å². The molecule has 1 aliphatic carbocycles. The number of allylic oxidation sites excluding steroid dienone is 1. The number of rotatable bonds is 3. The molecule has 2 unspecified atom stereocenters. The van der Waals surface area contributed by atoms with Crippen LogP contribution in [0, 0.1) is 17.3 Å². The van der Waals surface area contributed by atoms with Crippen LogP contribution in [0.25, 0.3) is 0 Å². The molecule has 0 spiro atoms. The molecule has 0 aromatic heterocycles. The Kier molecular flexibility index (Phi) is 3.73. The average molecular weight is 257 g/mol. The van der Waals surface area contributed by atoms with Gasteiger partial charge in [0, 0.05) is 5.92 Å². The molecule has 0 aliphatic heterocycles. The third kappa shape index (κ3) is 2.36. The summed E-state index contributed by atoms with van der Waals surface area (Å²) in [4.78, 5) is 4.62. The molecule has 1 rings (SSSR count). The molecule has 1 fully saturated rings. The van der Waals surface area contributed by atoms with Crippen molar-refractivity contribution in [2.24, 2.45) is 22.4 Å². The van der Waals surface area contributed by atoms with E-state index in [0.717, 1.165) is 0 Å². The van der Waals surface area contributed by atoms with E-state index in [-0.39, 0.29) is 21.7 Å². The van der Waals surface area contributed by atoms with E-state index in [1.54, 1.807) is 6.08 Å². The Hall–Kier alpha value is 0.0800. The minimum absolute atomic E-state index is 0.0497. The zero-order valence-electron chi connectivity index (χ0n) is 8.22. The number of hydrogen-bond donors (Lipinski definition) is 0. The fourth-order valence-corrected chi connectivity index (χ4v) is 2.48. The van der Waals surface area contributed by atoms with Gasteiger partial charge in [0.05, 0.1) is 0 Å². The number of nitrogens with zero attached hydrogens (tertiary/aromatic N) is 1. The maximum Gasteiger partial charge on any atom is 0.149 e. The third-order valence-corrected chi connectivity index (χ3v) is 3.21. The van der Waals surface area contributed by atoms with Crippen LogP contribution >= 0.6 is 34.8 Å². The van der Waals surface area contributed by atoms with Crippen LogP contribution in [-0.4, -0.2) is 12.3 Å². The Morgan fingerprint density at radius 2 is 1.93 bits per heavy atom. The summed E-state index contributed by atoms with van der Waals surface area (Å²) in [5.74, 6) is 0.385. The van der Waals surface area contributed by atoms with Gasteiger partial charge in [0.15, 0.2) is 0 Å². The largest absolute Gasteiger partial charge is 0.398 e. The Bertz CT molecular complexity index is 282. The molecule has 5 heteroatoms. The van der Waals surface area contributed by atoms with Gasteiger partial charge in [-0.2, -0.15) is 0 Å². The van der Waals surface area contributed by atoms with Gasteiger partial charge in [-0.15, -0.1) is 0 Å². The van der Waals surface area contributed by atoms with Gasteiger partial charge in [-0.25, -0.2) is 0 Å². The van der Waals surface area contributed by atoms with Crippen LogP contribution in [0.1, 0.15) is 13.8 Å². The number of oxime groups is 1. The Labute approximate surface area is 98.8 Å². The lowest BCUT2D eigenvalue weighted by Crippen LogP contribution is -1.98. The average Bonchev–Trinajstić information content (AvgIpc) is 2.52. The van der Waals surface area contributed by atoms with Crippen molar-refractivity contribution in [1.29, 1.82) is 0 Å². The van der Waals surface area contributed by atoms with Crippen molar-refractivity contribution >= 4 is 40.0 Å². The van der Waals surface area contributed by atoms with Gasteiger partial charge in [-0.05, 0) is 17.4 Å². The highest BCUT2D eigenvalue weighted by molar-refractivity contribution is 6.66. The third-order valence-electron chi connectivity index (χ3n) is 2.65. The molecule has 0 N–H and O–H groups in total. The summed E-state index contributed by atoms with van der Waals surface area (Å²) >= 11 is 17.1. The molecular weight excluding hydrogens is 244 g/mol. The first-order valence-corrected chi connectivity index (χ1v) is 5.34. The summed E-state index contributed by atoms with van der Waals surface area (Å²) < 4.78 is 0.271. The maximum atomic E-state index is 5.95. The van der Waals surface area contributed by atoms with Crippen LogP contribution in [0.3, 0.4) is 0 Å². The van der Waals surface area contributed by atoms with E-state index < -0.39 is 0 Å². The SMILES string of the molecule is CON=C(Cl)C1C(C=C(Cl)Cl)C1(C)C. The number of halogens is 3. The van der Waals surface area contributed by atoms with Crippen LogP contribution in [0.5, 0.6) is 0 Å². The molecule has 0 aromatic carbocycles. The van der Waals surface area contributed by atoms with Crippen LogP contribution in [0.4, 0.5) is 0 Å². The van der Waals surface area contributed by atoms with Crippen molar-refractivity contribution in [2.45, 2.75) is 13.8 Å². The van der Waals surface area contributed by atoms with E-state index in [2.05, 4.69) is 23.8 Å². The summed E-state index contributed by atoms with van der Waals surface area (Å²) in [5.41, 5.74) is 0.0497. The monoisotopic (exact) mass is 255 g/mol. The van der Waals surface area contributed by atoms with Crippen molar-refractivity contribution in [1.82, 2.24) is 0 Å². The quantitative estimate of drug-likeness (QED) is 0.556. The van der Waals surface area contributed by atoms with Gasteiger partial charge >= 0.3 is 0 Å². The second-order valence-corrected chi connectivity index (χ2v) is 5.27. The van der Waals surface area contributed by atoms with Crippen molar-refractivity contribution in [2.75, 3.05) is 7.11 Å². The van der Waals surface area contributed by atoms with E-state index in [4.69, 9.17) is 34.8 Å². The van der Waals surface area contributed by atoms with Crippen LogP contribution in [0.2, 0.25) is 0 Å². The Balaban J connectivity index is 2.76. The van der Waals surface area contributed by atoms with Crippen LogP contribution in [-0.2, 0) is 4.84 Å². The minimum Gasteiger partial charge on any atom is -0.398 e. The van der Waals surface area contributed by atoms with Crippen LogP contribution < -0.4 is 0 Å². The molecular formula is C9H12Cl3NO. The van der Waals surface area contributed by atoms with E-state index >= 15 is 0 Å². The molecule has 80 valence electrons. The molecule has 1 saturated carbocycles. The summed E-state index contributed by atoms with van der Waals surface area (Å²) in [6.45, 7) is 4.17. The molecule has 0 amide bonds. The molecule has 0 saturated heterocycles. The van der Waals surface area contributed by atoms with Crippen LogP contribution in [0.15, 0.2) is 15.7 Å². The Morgan fingerprint density at radius 1 is 1.36 bits per heavy atom. The highest BCUT2D eigenvalue weighted by Crippen LogP contribution is 2.60. The Morgan fingerprint density at radius 3 is 2.36 bits per heavy atom. The molecule has 0 radical (unpaired) electrons. The lowest BCUT2D eigenvalue weighted by molar-refractivity contribution is 0.213.